The van der Waals surface area contributed by atoms with Gasteiger partial charge in [-0.25, -0.2) is 4.79 Å². The number of nitrogens with zero attached hydrogens (tertiary/aromatic N) is 1. The third kappa shape index (κ3) is 5.58. The average Bonchev–Trinajstić information content (AvgIpc) is 3.29. The first-order chi connectivity index (χ1) is 15.6. The zero-order valence-electron chi connectivity index (χ0n) is 16.8. The Morgan fingerprint density at radius 1 is 0.938 bits per heavy atom. The Hall–Kier alpha value is -3.54. The zero-order chi connectivity index (χ0) is 22.3. The summed E-state index contributed by atoms with van der Waals surface area (Å²) in [6, 6.07) is 25.1. The Morgan fingerprint density at radius 3 is 2.44 bits per heavy atom. The zero-order valence-corrected chi connectivity index (χ0v) is 18.3. The second-order valence-corrected chi connectivity index (χ2v) is 7.67. The molecule has 0 amide bonds. The highest BCUT2D eigenvalue weighted by molar-refractivity contribution is 6.31. The van der Waals surface area contributed by atoms with E-state index in [9.17, 15) is 4.79 Å². The van der Waals surface area contributed by atoms with Gasteiger partial charge in [-0.1, -0.05) is 53.5 Å². The van der Waals surface area contributed by atoms with Crippen molar-refractivity contribution in [3.8, 4) is 11.3 Å². The van der Waals surface area contributed by atoms with Gasteiger partial charge >= 0.3 is 5.97 Å². The van der Waals surface area contributed by atoms with Crippen LogP contribution in [0.2, 0.25) is 10.0 Å². The number of halogens is 2. The summed E-state index contributed by atoms with van der Waals surface area (Å²) in [4.78, 5) is 12.3. The Bertz CT molecular complexity index is 1230. The quantitative estimate of drug-likeness (QED) is 0.180. The van der Waals surface area contributed by atoms with Crippen molar-refractivity contribution in [2.24, 2.45) is 5.10 Å². The SMILES string of the molecule is O=C(OCc1ccccc1Cl)c1ccc(-c2ccc(C=NNc3ccc(Cl)cc3)o2)cc1. The van der Waals surface area contributed by atoms with Gasteiger partial charge in [0.2, 0.25) is 0 Å². The van der Waals surface area contributed by atoms with Crippen LogP contribution in [0, 0.1) is 0 Å². The van der Waals surface area contributed by atoms with Gasteiger partial charge in [0.25, 0.3) is 0 Å². The van der Waals surface area contributed by atoms with Crippen LogP contribution in [0.4, 0.5) is 5.69 Å². The van der Waals surface area contributed by atoms with Gasteiger partial charge in [-0.3, -0.25) is 5.43 Å². The molecule has 3 aromatic carbocycles. The lowest BCUT2D eigenvalue weighted by Gasteiger charge is -2.07. The molecule has 32 heavy (non-hydrogen) atoms. The normalized spacial score (nSPS) is 10.9. The highest BCUT2D eigenvalue weighted by Gasteiger charge is 2.10. The van der Waals surface area contributed by atoms with Crippen molar-refractivity contribution in [1.82, 2.24) is 0 Å². The van der Waals surface area contributed by atoms with Crippen molar-refractivity contribution in [3.05, 3.63) is 112 Å². The number of rotatable bonds is 7. The lowest BCUT2D eigenvalue weighted by Crippen LogP contribution is -2.05. The number of carbonyl (C=O) groups is 1. The second kappa shape index (κ2) is 10.2. The molecule has 1 heterocycles. The summed E-state index contributed by atoms with van der Waals surface area (Å²) in [5.74, 6) is 0.829. The van der Waals surface area contributed by atoms with Crippen molar-refractivity contribution in [1.29, 1.82) is 0 Å². The number of anilines is 1. The maximum absolute atomic E-state index is 12.3. The van der Waals surface area contributed by atoms with E-state index in [-0.39, 0.29) is 6.61 Å². The van der Waals surface area contributed by atoms with Crippen molar-refractivity contribution in [2.45, 2.75) is 6.61 Å². The van der Waals surface area contributed by atoms with Crippen molar-refractivity contribution < 1.29 is 13.9 Å². The van der Waals surface area contributed by atoms with Crippen LogP contribution in [0.25, 0.3) is 11.3 Å². The molecule has 5 nitrogen and oxygen atoms in total. The molecule has 1 aromatic heterocycles. The molecule has 0 fully saturated rings. The summed E-state index contributed by atoms with van der Waals surface area (Å²) in [5, 5.41) is 5.38. The molecule has 0 saturated heterocycles. The highest BCUT2D eigenvalue weighted by Crippen LogP contribution is 2.23. The lowest BCUT2D eigenvalue weighted by atomic mass is 10.1. The molecule has 160 valence electrons. The standard InChI is InChI=1S/C25H18Cl2N2O3/c26-20-9-11-21(12-10-20)29-28-15-22-13-14-24(32-22)17-5-7-18(8-6-17)25(30)31-16-19-3-1-2-4-23(19)27/h1-15,29H,16H2. The van der Waals surface area contributed by atoms with Gasteiger partial charge in [0, 0.05) is 21.2 Å². The van der Waals surface area contributed by atoms with E-state index in [0.717, 1.165) is 16.8 Å². The number of benzene rings is 3. The number of carbonyl (C=O) groups excluding carboxylic acids is 1. The summed E-state index contributed by atoms with van der Waals surface area (Å²) in [6.45, 7) is 0.116. The molecule has 0 bridgehead atoms. The Kier molecular flexibility index (Phi) is 6.90. The van der Waals surface area contributed by atoms with E-state index in [1.54, 1.807) is 48.7 Å². The molecular weight excluding hydrogens is 447 g/mol. The van der Waals surface area contributed by atoms with Gasteiger partial charge in [0.1, 0.15) is 18.1 Å². The molecule has 4 rings (SSSR count). The second-order valence-electron chi connectivity index (χ2n) is 6.82. The van der Waals surface area contributed by atoms with Crippen LogP contribution in [0.5, 0.6) is 0 Å². The number of nitrogens with one attached hydrogen (secondary N) is 1. The molecule has 0 aliphatic rings. The third-order valence-corrected chi connectivity index (χ3v) is 5.20. The molecule has 0 unspecified atom stereocenters. The number of hydrogen-bond donors (Lipinski definition) is 1. The fraction of sp³-hybridized carbons (Fsp3) is 0.0400. The topological polar surface area (TPSA) is 63.8 Å². The molecule has 0 radical (unpaired) electrons. The molecule has 4 aromatic rings. The van der Waals surface area contributed by atoms with E-state index in [4.69, 9.17) is 32.4 Å². The largest absolute Gasteiger partial charge is 0.457 e. The summed E-state index contributed by atoms with van der Waals surface area (Å²) in [6.07, 6.45) is 1.58. The number of esters is 1. The van der Waals surface area contributed by atoms with E-state index in [0.29, 0.717) is 27.1 Å². The van der Waals surface area contributed by atoms with Crippen molar-refractivity contribution in [3.63, 3.8) is 0 Å². The number of ether oxygens (including phenoxy) is 1. The first-order valence-corrected chi connectivity index (χ1v) is 10.5. The predicted octanol–water partition coefficient (Wildman–Crippen LogP) is 7.06. The van der Waals surface area contributed by atoms with Gasteiger partial charge in [-0.15, -0.1) is 0 Å². The molecule has 1 N–H and O–H groups in total. The van der Waals surface area contributed by atoms with Crippen LogP contribution >= 0.6 is 23.2 Å². The fourth-order valence-corrected chi connectivity index (χ4v) is 3.20. The fourth-order valence-electron chi connectivity index (χ4n) is 2.88. The molecule has 0 aliphatic heterocycles. The van der Waals surface area contributed by atoms with Crippen LogP contribution in [0.1, 0.15) is 21.7 Å². The molecule has 0 atom stereocenters. The number of hydrogen-bond acceptors (Lipinski definition) is 5. The smallest absolute Gasteiger partial charge is 0.338 e. The van der Waals surface area contributed by atoms with E-state index in [1.165, 1.54) is 0 Å². The molecule has 7 heteroatoms. The highest BCUT2D eigenvalue weighted by atomic mass is 35.5. The minimum absolute atomic E-state index is 0.116. The summed E-state index contributed by atoms with van der Waals surface area (Å²) in [5.41, 5.74) is 5.76. The minimum atomic E-state index is -0.419. The number of furan rings is 1. The minimum Gasteiger partial charge on any atom is -0.457 e. The first kappa shape index (κ1) is 21.7. The number of hydrazone groups is 1. The molecular formula is C25H18Cl2N2O3. The third-order valence-electron chi connectivity index (χ3n) is 4.58. The van der Waals surface area contributed by atoms with Crippen LogP contribution < -0.4 is 5.43 Å². The molecule has 0 aliphatic carbocycles. The Labute approximate surface area is 195 Å². The summed E-state index contributed by atoms with van der Waals surface area (Å²) >= 11 is 12.0. The van der Waals surface area contributed by atoms with Crippen LogP contribution in [0.3, 0.4) is 0 Å². The van der Waals surface area contributed by atoms with Gasteiger partial charge in [-0.2, -0.15) is 5.10 Å². The van der Waals surface area contributed by atoms with Crippen LogP contribution in [-0.2, 0) is 11.3 Å². The first-order valence-electron chi connectivity index (χ1n) is 9.74. The van der Waals surface area contributed by atoms with E-state index >= 15 is 0 Å². The van der Waals surface area contributed by atoms with Crippen LogP contribution in [0.15, 0.2) is 94.4 Å². The average molecular weight is 465 g/mol. The van der Waals surface area contributed by atoms with E-state index in [1.807, 2.05) is 42.5 Å². The Morgan fingerprint density at radius 2 is 1.69 bits per heavy atom. The van der Waals surface area contributed by atoms with Gasteiger partial charge < -0.3 is 9.15 Å². The summed E-state index contributed by atoms with van der Waals surface area (Å²) < 4.78 is 11.2. The van der Waals surface area contributed by atoms with Gasteiger partial charge in [-0.05, 0) is 54.6 Å². The van der Waals surface area contributed by atoms with Crippen molar-refractivity contribution >= 4 is 41.1 Å². The predicted molar refractivity (Wildman–Crippen MR) is 127 cm³/mol. The maximum Gasteiger partial charge on any atom is 0.338 e. The van der Waals surface area contributed by atoms with Gasteiger partial charge in [0.15, 0.2) is 0 Å². The lowest BCUT2D eigenvalue weighted by molar-refractivity contribution is 0.0473. The summed E-state index contributed by atoms with van der Waals surface area (Å²) in [7, 11) is 0. The van der Waals surface area contributed by atoms with Crippen molar-refractivity contribution in [2.75, 3.05) is 5.43 Å². The maximum atomic E-state index is 12.3. The molecule has 0 spiro atoms. The Balaban J connectivity index is 1.35. The monoisotopic (exact) mass is 464 g/mol. The van der Waals surface area contributed by atoms with Crippen LogP contribution in [-0.4, -0.2) is 12.2 Å². The van der Waals surface area contributed by atoms with E-state index < -0.39 is 5.97 Å². The molecule has 0 saturated carbocycles. The van der Waals surface area contributed by atoms with E-state index in [2.05, 4.69) is 10.5 Å². The van der Waals surface area contributed by atoms with Gasteiger partial charge in [0.05, 0.1) is 17.5 Å².